The smallest absolute Gasteiger partial charge is 0.264 e. The maximum Gasteiger partial charge on any atom is 0.264 e. The van der Waals surface area contributed by atoms with E-state index in [4.69, 9.17) is 0 Å². The average Bonchev–Trinajstić information content (AvgIpc) is 2.77. The third-order valence-corrected chi connectivity index (χ3v) is 6.15. The van der Waals surface area contributed by atoms with E-state index in [0.29, 0.717) is 17.8 Å². The number of benzene rings is 3. The molecule has 0 aromatic heterocycles. The molecular weight excluding hydrogens is 384 g/mol. The van der Waals surface area contributed by atoms with Gasteiger partial charge in [0.05, 0.1) is 17.1 Å². The van der Waals surface area contributed by atoms with Crippen molar-refractivity contribution >= 4 is 21.6 Å². The van der Waals surface area contributed by atoms with E-state index in [1.54, 1.807) is 54.6 Å². The lowest BCUT2D eigenvalue weighted by atomic mass is 10.1. The summed E-state index contributed by atoms with van der Waals surface area (Å²) in [5.74, 6) is -0.221. The molecule has 3 rings (SSSR count). The molecule has 0 bridgehead atoms. The zero-order valence-electron chi connectivity index (χ0n) is 15.9. The maximum absolute atomic E-state index is 13.0. The summed E-state index contributed by atoms with van der Waals surface area (Å²) in [5, 5.41) is 2.86. The van der Waals surface area contributed by atoms with Gasteiger partial charge in [0.25, 0.3) is 15.9 Å². The molecule has 0 aliphatic heterocycles. The summed E-state index contributed by atoms with van der Waals surface area (Å²) in [6.45, 7) is 4.21. The molecule has 6 heteroatoms. The Labute approximate surface area is 171 Å². The maximum atomic E-state index is 13.0. The van der Waals surface area contributed by atoms with E-state index in [9.17, 15) is 13.2 Å². The van der Waals surface area contributed by atoms with Crippen molar-refractivity contribution in [3.8, 4) is 0 Å². The molecule has 1 amide bonds. The van der Waals surface area contributed by atoms with E-state index in [-0.39, 0.29) is 17.3 Å². The van der Waals surface area contributed by atoms with Gasteiger partial charge in [0.15, 0.2) is 0 Å². The number of hydrogen-bond acceptors (Lipinski definition) is 3. The lowest BCUT2D eigenvalue weighted by molar-refractivity contribution is 0.0951. The number of amides is 1. The first-order valence-corrected chi connectivity index (χ1v) is 10.6. The van der Waals surface area contributed by atoms with Crippen molar-refractivity contribution in [3.63, 3.8) is 0 Å². The summed E-state index contributed by atoms with van der Waals surface area (Å²) in [6, 6.07) is 24.3. The summed E-state index contributed by atoms with van der Waals surface area (Å²) >= 11 is 0. The Morgan fingerprint density at radius 3 is 2.07 bits per heavy atom. The van der Waals surface area contributed by atoms with Gasteiger partial charge in [-0.2, -0.15) is 0 Å². The standard InChI is InChI=1S/C23H22N2O3S/c1-2-17-25(29(27,28)22-11-7-4-8-12-22)21-15-13-20(14-16-21)23(26)24-18-19-9-5-3-6-10-19/h2-16H,1,17-18H2,(H,24,26). The number of nitrogens with one attached hydrogen (secondary N) is 1. The highest BCUT2D eigenvalue weighted by molar-refractivity contribution is 7.92. The predicted molar refractivity (Wildman–Crippen MR) is 115 cm³/mol. The molecule has 0 unspecified atom stereocenters. The van der Waals surface area contributed by atoms with Gasteiger partial charge in [-0.05, 0) is 42.0 Å². The van der Waals surface area contributed by atoms with Gasteiger partial charge in [-0.15, -0.1) is 6.58 Å². The Morgan fingerprint density at radius 2 is 1.48 bits per heavy atom. The minimum atomic E-state index is -3.73. The highest BCUT2D eigenvalue weighted by Crippen LogP contribution is 2.24. The molecular formula is C23H22N2O3S. The van der Waals surface area contributed by atoms with Gasteiger partial charge in [-0.1, -0.05) is 54.6 Å². The Hall–Kier alpha value is -3.38. The van der Waals surface area contributed by atoms with Gasteiger partial charge in [0, 0.05) is 12.1 Å². The van der Waals surface area contributed by atoms with E-state index in [2.05, 4.69) is 11.9 Å². The van der Waals surface area contributed by atoms with Crippen molar-refractivity contribution in [1.29, 1.82) is 0 Å². The lowest BCUT2D eigenvalue weighted by Crippen LogP contribution is -2.31. The van der Waals surface area contributed by atoms with Gasteiger partial charge < -0.3 is 5.32 Å². The molecule has 148 valence electrons. The summed E-state index contributed by atoms with van der Waals surface area (Å²) in [6.07, 6.45) is 1.53. The van der Waals surface area contributed by atoms with Crippen LogP contribution in [-0.4, -0.2) is 20.9 Å². The molecule has 0 spiro atoms. The summed E-state index contributed by atoms with van der Waals surface area (Å²) < 4.78 is 27.3. The van der Waals surface area contributed by atoms with Crippen LogP contribution in [-0.2, 0) is 16.6 Å². The van der Waals surface area contributed by atoms with Crippen LogP contribution in [0.3, 0.4) is 0 Å². The Bertz CT molecular complexity index is 1060. The number of anilines is 1. The molecule has 0 radical (unpaired) electrons. The molecule has 0 fully saturated rings. The normalized spacial score (nSPS) is 10.9. The zero-order chi connectivity index (χ0) is 20.7. The third-order valence-electron chi connectivity index (χ3n) is 4.34. The Morgan fingerprint density at radius 1 is 0.897 bits per heavy atom. The third kappa shape index (κ3) is 4.92. The minimum Gasteiger partial charge on any atom is -0.348 e. The van der Waals surface area contributed by atoms with Crippen molar-refractivity contribution in [2.45, 2.75) is 11.4 Å². The number of rotatable bonds is 8. The minimum absolute atomic E-state index is 0.122. The van der Waals surface area contributed by atoms with Gasteiger partial charge in [0.1, 0.15) is 0 Å². The van der Waals surface area contributed by atoms with Crippen LogP contribution >= 0.6 is 0 Å². The molecule has 0 saturated carbocycles. The van der Waals surface area contributed by atoms with Crippen LogP contribution in [0.1, 0.15) is 15.9 Å². The fourth-order valence-electron chi connectivity index (χ4n) is 2.84. The second-order valence-electron chi connectivity index (χ2n) is 6.35. The molecule has 0 saturated heterocycles. The van der Waals surface area contributed by atoms with E-state index in [0.717, 1.165) is 5.56 Å². The van der Waals surface area contributed by atoms with Gasteiger partial charge in [0.2, 0.25) is 0 Å². The van der Waals surface area contributed by atoms with Crippen LogP contribution in [0, 0.1) is 0 Å². The van der Waals surface area contributed by atoms with Crippen LogP contribution in [0.5, 0.6) is 0 Å². The Kier molecular flexibility index (Phi) is 6.46. The van der Waals surface area contributed by atoms with Crippen molar-refractivity contribution < 1.29 is 13.2 Å². The molecule has 3 aromatic carbocycles. The monoisotopic (exact) mass is 406 g/mol. The highest BCUT2D eigenvalue weighted by Gasteiger charge is 2.23. The van der Waals surface area contributed by atoms with Gasteiger partial charge in [-0.3, -0.25) is 9.10 Å². The molecule has 3 aromatic rings. The van der Waals surface area contributed by atoms with Gasteiger partial charge >= 0.3 is 0 Å². The molecule has 0 heterocycles. The molecule has 0 aliphatic rings. The number of carbonyl (C=O) groups excluding carboxylic acids is 1. The highest BCUT2D eigenvalue weighted by atomic mass is 32.2. The first-order chi connectivity index (χ1) is 14.0. The van der Waals surface area contributed by atoms with Crippen LogP contribution in [0.25, 0.3) is 0 Å². The van der Waals surface area contributed by atoms with Crippen molar-refractivity contribution in [2.75, 3.05) is 10.8 Å². The van der Waals surface area contributed by atoms with Crippen LogP contribution in [0.4, 0.5) is 5.69 Å². The number of sulfonamides is 1. The summed E-state index contributed by atoms with van der Waals surface area (Å²) in [7, 11) is -3.73. The van der Waals surface area contributed by atoms with Gasteiger partial charge in [-0.25, -0.2) is 8.42 Å². The topological polar surface area (TPSA) is 66.5 Å². The van der Waals surface area contributed by atoms with Crippen molar-refractivity contribution in [1.82, 2.24) is 5.32 Å². The predicted octanol–water partition coefficient (Wildman–Crippen LogP) is 4.00. The zero-order valence-corrected chi connectivity index (χ0v) is 16.7. The van der Waals surface area contributed by atoms with E-state index >= 15 is 0 Å². The lowest BCUT2D eigenvalue weighted by Gasteiger charge is -2.23. The SMILES string of the molecule is C=CCN(c1ccc(C(=O)NCc2ccccc2)cc1)S(=O)(=O)c1ccccc1. The van der Waals surface area contributed by atoms with Crippen LogP contribution in [0.15, 0.2) is 102 Å². The largest absolute Gasteiger partial charge is 0.348 e. The van der Waals surface area contributed by atoms with Crippen molar-refractivity contribution in [3.05, 3.63) is 109 Å². The number of carbonyl (C=O) groups is 1. The van der Waals surface area contributed by atoms with Crippen LogP contribution < -0.4 is 9.62 Å². The second-order valence-corrected chi connectivity index (χ2v) is 8.22. The van der Waals surface area contributed by atoms with E-state index < -0.39 is 10.0 Å². The second kappa shape index (κ2) is 9.21. The van der Waals surface area contributed by atoms with E-state index in [1.807, 2.05) is 30.3 Å². The molecule has 5 nitrogen and oxygen atoms in total. The van der Waals surface area contributed by atoms with Crippen LogP contribution in [0.2, 0.25) is 0 Å². The summed E-state index contributed by atoms with van der Waals surface area (Å²) in [4.78, 5) is 12.6. The average molecular weight is 407 g/mol. The fourth-order valence-corrected chi connectivity index (χ4v) is 4.30. The molecule has 0 aliphatic carbocycles. The quantitative estimate of drug-likeness (QED) is 0.575. The molecule has 1 N–H and O–H groups in total. The number of hydrogen-bond donors (Lipinski definition) is 1. The first kappa shape index (κ1) is 20.4. The molecule has 0 atom stereocenters. The fraction of sp³-hybridized carbons (Fsp3) is 0.0870. The summed E-state index contributed by atoms with van der Waals surface area (Å²) in [5.41, 5.74) is 1.93. The molecule has 29 heavy (non-hydrogen) atoms. The number of nitrogens with zero attached hydrogens (tertiary/aromatic N) is 1. The first-order valence-electron chi connectivity index (χ1n) is 9.13. The van der Waals surface area contributed by atoms with E-state index in [1.165, 1.54) is 10.4 Å². The van der Waals surface area contributed by atoms with Crippen molar-refractivity contribution in [2.24, 2.45) is 0 Å². The Balaban J connectivity index is 1.77.